The number of hydrogen-bond donors (Lipinski definition) is 2. The summed E-state index contributed by atoms with van der Waals surface area (Å²) in [6, 6.07) is 13.6. The molecule has 0 saturated carbocycles. The van der Waals surface area contributed by atoms with Gasteiger partial charge in [-0.2, -0.15) is 0 Å². The Morgan fingerprint density at radius 3 is 2.70 bits per heavy atom. The van der Waals surface area contributed by atoms with E-state index < -0.39 is 35.7 Å². The summed E-state index contributed by atoms with van der Waals surface area (Å²) in [7, 11) is 0. The molecule has 0 fully saturated rings. The SMILES string of the molecule is N=C1Oc2c(oc(CO)cc2=O)C(c2cccnc2)C1C(=O)OCc1ccccc1. The first kappa shape index (κ1) is 19.5. The first-order valence-electron chi connectivity index (χ1n) is 9.23. The number of benzene rings is 1. The minimum absolute atomic E-state index is 0.0245. The minimum atomic E-state index is -1.18. The van der Waals surface area contributed by atoms with E-state index in [1.807, 2.05) is 30.3 Å². The molecule has 2 unspecified atom stereocenters. The molecular weight excluding hydrogens is 388 g/mol. The third-order valence-electron chi connectivity index (χ3n) is 4.77. The molecule has 0 radical (unpaired) electrons. The highest BCUT2D eigenvalue weighted by atomic mass is 16.5. The summed E-state index contributed by atoms with van der Waals surface area (Å²) in [4.78, 5) is 29.5. The molecule has 4 rings (SSSR count). The maximum Gasteiger partial charge on any atom is 0.319 e. The summed E-state index contributed by atoms with van der Waals surface area (Å²) in [5.41, 5.74) is 0.795. The molecule has 152 valence electrons. The van der Waals surface area contributed by atoms with Crippen LogP contribution in [-0.4, -0.2) is 22.0 Å². The lowest BCUT2D eigenvalue weighted by Crippen LogP contribution is -2.40. The normalized spacial score (nSPS) is 17.7. The molecule has 2 atom stereocenters. The number of rotatable bonds is 5. The number of nitrogens with one attached hydrogen (secondary N) is 1. The Labute approximate surface area is 171 Å². The van der Waals surface area contributed by atoms with Crippen LogP contribution in [0.5, 0.6) is 5.75 Å². The quantitative estimate of drug-likeness (QED) is 0.624. The molecule has 0 bridgehead atoms. The summed E-state index contributed by atoms with van der Waals surface area (Å²) in [6.07, 6.45) is 3.09. The lowest BCUT2D eigenvalue weighted by molar-refractivity contribution is -0.148. The topological polar surface area (TPSA) is 123 Å². The molecule has 8 nitrogen and oxygen atoms in total. The van der Waals surface area contributed by atoms with Crippen LogP contribution < -0.4 is 10.2 Å². The Morgan fingerprint density at radius 2 is 2.00 bits per heavy atom. The molecule has 2 aromatic heterocycles. The third kappa shape index (κ3) is 3.72. The summed E-state index contributed by atoms with van der Waals surface area (Å²) < 4.78 is 16.5. The molecule has 0 spiro atoms. The fourth-order valence-electron chi connectivity index (χ4n) is 3.38. The van der Waals surface area contributed by atoms with Crippen LogP contribution in [0.2, 0.25) is 0 Å². The molecule has 1 aromatic carbocycles. The van der Waals surface area contributed by atoms with Crippen molar-refractivity contribution in [3.63, 3.8) is 0 Å². The zero-order valence-corrected chi connectivity index (χ0v) is 15.8. The number of carbonyl (C=O) groups is 1. The van der Waals surface area contributed by atoms with Crippen molar-refractivity contribution in [3.8, 4) is 5.75 Å². The van der Waals surface area contributed by atoms with Gasteiger partial charge in [-0.1, -0.05) is 36.4 Å². The number of fused-ring (bicyclic) bond motifs is 1. The predicted octanol–water partition coefficient (Wildman–Crippen LogP) is 2.39. The standard InChI is InChI=1S/C22H18N2O6/c23-21-18(22(27)28-12-13-5-2-1-3-6-13)17(14-7-4-8-24-10-14)20-19(30-21)16(26)9-15(11-25)29-20/h1-10,17-18,23,25H,11-12H2. The first-order chi connectivity index (χ1) is 14.6. The lowest BCUT2D eigenvalue weighted by Gasteiger charge is -2.30. The number of esters is 1. The number of aliphatic hydroxyl groups excluding tert-OH is 1. The zero-order valence-electron chi connectivity index (χ0n) is 15.8. The second kappa shape index (κ2) is 8.30. The lowest BCUT2D eigenvalue weighted by atomic mass is 9.82. The Kier molecular flexibility index (Phi) is 5.40. The van der Waals surface area contributed by atoms with Gasteiger partial charge < -0.3 is 19.0 Å². The van der Waals surface area contributed by atoms with Crippen LogP contribution in [0.1, 0.15) is 28.6 Å². The predicted molar refractivity (Wildman–Crippen MR) is 105 cm³/mol. The molecule has 0 amide bonds. The molecule has 30 heavy (non-hydrogen) atoms. The van der Waals surface area contributed by atoms with Crippen LogP contribution in [0.15, 0.2) is 70.1 Å². The monoisotopic (exact) mass is 406 g/mol. The van der Waals surface area contributed by atoms with E-state index in [9.17, 15) is 14.7 Å². The van der Waals surface area contributed by atoms with Gasteiger partial charge in [0, 0.05) is 18.5 Å². The van der Waals surface area contributed by atoms with E-state index in [4.69, 9.17) is 19.3 Å². The maximum absolute atomic E-state index is 13.0. The van der Waals surface area contributed by atoms with Crippen molar-refractivity contribution in [3.05, 3.63) is 93.8 Å². The molecule has 3 heterocycles. The second-order valence-corrected chi connectivity index (χ2v) is 6.73. The van der Waals surface area contributed by atoms with Crippen LogP contribution in [0, 0.1) is 11.3 Å². The van der Waals surface area contributed by atoms with Gasteiger partial charge in [-0.25, -0.2) is 0 Å². The second-order valence-electron chi connectivity index (χ2n) is 6.73. The van der Waals surface area contributed by atoms with E-state index in [0.717, 1.165) is 11.6 Å². The molecule has 0 saturated heterocycles. The first-order valence-corrected chi connectivity index (χ1v) is 9.23. The van der Waals surface area contributed by atoms with E-state index in [0.29, 0.717) is 5.56 Å². The van der Waals surface area contributed by atoms with E-state index in [1.54, 1.807) is 18.3 Å². The summed E-state index contributed by atoms with van der Waals surface area (Å²) in [5, 5.41) is 17.7. The van der Waals surface area contributed by atoms with Crippen molar-refractivity contribution in [2.75, 3.05) is 0 Å². The van der Waals surface area contributed by atoms with Gasteiger partial charge in [0.25, 0.3) is 0 Å². The molecule has 1 aliphatic rings. The molecule has 3 aromatic rings. The van der Waals surface area contributed by atoms with Gasteiger partial charge in [0.1, 0.15) is 24.9 Å². The van der Waals surface area contributed by atoms with Crippen LogP contribution in [0.3, 0.4) is 0 Å². The highest BCUT2D eigenvalue weighted by molar-refractivity contribution is 6.00. The van der Waals surface area contributed by atoms with Gasteiger partial charge in [0.15, 0.2) is 5.76 Å². The van der Waals surface area contributed by atoms with Gasteiger partial charge >= 0.3 is 5.97 Å². The van der Waals surface area contributed by atoms with Crippen molar-refractivity contribution in [1.29, 1.82) is 5.41 Å². The van der Waals surface area contributed by atoms with Crippen molar-refractivity contribution in [1.82, 2.24) is 4.98 Å². The Hall–Kier alpha value is -3.78. The van der Waals surface area contributed by atoms with Crippen LogP contribution in [0.25, 0.3) is 0 Å². The summed E-state index contributed by atoms with van der Waals surface area (Å²) >= 11 is 0. The van der Waals surface area contributed by atoms with E-state index in [-0.39, 0.29) is 23.9 Å². The number of ether oxygens (including phenoxy) is 2. The molecule has 1 aliphatic heterocycles. The van der Waals surface area contributed by atoms with Crippen molar-refractivity contribution < 1.29 is 23.8 Å². The van der Waals surface area contributed by atoms with E-state index >= 15 is 0 Å². The van der Waals surface area contributed by atoms with Gasteiger partial charge in [0.05, 0.1) is 5.92 Å². The fourth-order valence-corrected chi connectivity index (χ4v) is 3.38. The van der Waals surface area contributed by atoms with Crippen LogP contribution in [0.4, 0.5) is 0 Å². The Morgan fingerprint density at radius 1 is 1.20 bits per heavy atom. The highest BCUT2D eigenvalue weighted by Gasteiger charge is 2.45. The summed E-state index contributed by atoms with van der Waals surface area (Å²) in [5.74, 6) is -3.25. The summed E-state index contributed by atoms with van der Waals surface area (Å²) in [6.45, 7) is -0.473. The minimum Gasteiger partial charge on any atom is -0.460 e. The average molecular weight is 406 g/mol. The molecular formula is C22H18N2O6. The molecule has 8 heteroatoms. The van der Waals surface area contributed by atoms with E-state index in [1.165, 1.54) is 6.20 Å². The van der Waals surface area contributed by atoms with Crippen molar-refractivity contribution in [2.24, 2.45) is 5.92 Å². The Bertz CT molecular complexity index is 1130. The van der Waals surface area contributed by atoms with Crippen LogP contribution >= 0.6 is 0 Å². The van der Waals surface area contributed by atoms with Gasteiger partial charge in [0.2, 0.25) is 17.1 Å². The van der Waals surface area contributed by atoms with E-state index in [2.05, 4.69) is 4.98 Å². The number of hydrogen-bond acceptors (Lipinski definition) is 8. The molecule has 2 N–H and O–H groups in total. The van der Waals surface area contributed by atoms with Gasteiger partial charge in [-0.05, 0) is 17.2 Å². The van der Waals surface area contributed by atoms with Gasteiger partial charge in [-0.15, -0.1) is 0 Å². The number of aromatic nitrogens is 1. The number of aliphatic hydroxyl groups is 1. The Balaban J connectivity index is 1.75. The largest absolute Gasteiger partial charge is 0.460 e. The fraction of sp³-hybridized carbons (Fsp3) is 0.182. The van der Waals surface area contributed by atoms with Gasteiger partial charge in [-0.3, -0.25) is 20.0 Å². The third-order valence-corrected chi connectivity index (χ3v) is 4.77. The van der Waals surface area contributed by atoms with Crippen LogP contribution in [-0.2, 0) is 22.7 Å². The zero-order chi connectivity index (χ0) is 21.1. The molecule has 0 aliphatic carbocycles. The van der Waals surface area contributed by atoms with Crippen molar-refractivity contribution >= 4 is 11.9 Å². The number of nitrogens with zero attached hydrogens (tertiary/aromatic N) is 1. The van der Waals surface area contributed by atoms with Crippen molar-refractivity contribution in [2.45, 2.75) is 19.1 Å². The average Bonchev–Trinajstić information content (AvgIpc) is 2.78. The highest BCUT2D eigenvalue weighted by Crippen LogP contribution is 2.41. The smallest absolute Gasteiger partial charge is 0.319 e. The number of carbonyl (C=O) groups excluding carboxylic acids is 1. The maximum atomic E-state index is 13.0. The number of pyridine rings is 1.